The van der Waals surface area contributed by atoms with Crippen LogP contribution in [0.5, 0.6) is 5.75 Å². The van der Waals surface area contributed by atoms with Crippen LogP contribution in [0.25, 0.3) is 0 Å². The minimum atomic E-state index is -1.45. The number of nitriles is 1. The molecular weight excluding hydrogens is 420 g/mol. The molecule has 0 aliphatic carbocycles. The van der Waals surface area contributed by atoms with Crippen LogP contribution in [0, 0.1) is 18.3 Å². The number of aryl methyl sites for hydroxylation is 1. The van der Waals surface area contributed by atoms with Crippen LogP contribution < -0.4 is 10.6 Å². The van der Waals surface area contributed by atoms with Crippen LogP contribution in [0.15, 0.2) is 18.2 Å². The van der Waals surface area contributed by atoms with Crippen molar-refractivity contribution >= 4 is 23.9 Å². The highest BCUT2D eigenvalue weighted by Gasteiger charge is 2.34. The van der Waals surface area contributed by atoms with Gasteiger partial charge < -0.3 is 30.1 Å². The summed E-state index contributed by atoms with van der Waals surface area (Å²) in [6.45, 7) is 4.98. The monoisotopic (exact) mass is 448 g/mol. The maximum atomic E-state index is 12.9. The predicted octanol–water partition coefficient (Wildman–Crippen LogP) is 0.908. The van der Waals surface area contributed by atoms with Gasteiger partial charge >= 0.3 is 12.1 Å². The first-order valence-corrected chi connectivity index (χ1v) is 9.67. The summed E-state index contributed by atoms with van der Waals surface area (Å²) in [5.74, 6) is -2.58. The van der Waals surface area contributed by atoms with Gasteiger partial charge in [0.15, 0.2) is 0 Å². The molecule has 3 N–H and O–H groups in total. The summed E-state index contributed by atoms with van der Waals surface area (Å²) in [4.78, 5) is 50.0. The van der Waals surface area contributed by atoms with Crippen LogP contribution in [0.3, 0.4) is 0 Å². The summed E-state index contributed by atoms with van der Waals surface area (Å²) < 4.78 is 9.57. The van der Waals surface area contributed by atoms with E-state index < -0.39 is 55.2 Å². The molecule has 0 heterocycles. The van der Waals surface area contributed by atoms with E-state index in [9.17, 15) is 29.5 Å². The first-order valence-electron chi connectivity index (χ1n) is 9.67. The van der Waals surface area contributed by atoms with Gasteiger partial charge in [0.2, 0.25) is 11.8 Å². The molecule has 0 saturated heterocycles. The molecule has 1 aromatic rings. The summed E-state index contributed by atoms with van der Waals surface area (Å²) in [7, 11) is 1.15. The van der Waals surface area contributed by atoms with Gasteiger partial charge in [0.05, 0.1) is 13.2 Å². The zero-order valence-electron chi connectivity index (χ0n) is 18.7. The van der Waals surface area contributed by atoms with E-state index in [1.807, 2.05) is 0 Å². The fourth-order valence-corrected chi connectivity index (χ4v) is 2.64. The van der Waals surface area contributed by atoms with Gasteiger partial charge in [0, 0.05) is 5.56 Å². The van der Waals surface area contributed by atoms with E-state index in [1.54, 1.807) is 45.9 Å². The number of benzene rings is 1. The summed E-state index contributed by atoms with van der Waals surface area (Å²) in [6.07, 6.45) is -0.854. The highest BCUT2D eigenvalue weighted by molar-refractivity contribution is 5.92. The number of hydrogen-bond acceptors (Lipinski definition) is 8. The Bertz CT molecular complexity index is 902. The van der Waals surface area contributed by atoms with E-state index in [0.717, 1.165) is 12.0 Å². The van der Waals surface area contributed by atoms with Crippen LogP contribution in [0.2, 0.25) is 0 Å². The van der Waals surface area contributed by atoms with E-state index in [-0.39, 0.29) is 11.3 Å². The molecule has 0 aliphatic rings. The molecule has 1 unspecified atom stereocenters. The Balaban J connectivity index is 3.23. The topological polar surface area (TPSA) is 158 Å². The Morgan fingerprint density at radius 2 is 1.84 bits per heavy atom. The van der Waals surface area contributed by atoms with E-state index in [4.69, 9.17) is 4.74 Å². The number of nitrogens with zero attached hydrogens (tertiary/aromatic N) is 2. The fourth-order valence-electron chi connectivity index (χ4n) is 2.64. The van der Waals surface area contributed by atoms with Crippen molar-refractivity contribution in [2.75, 3.05) is 26.7 Å². The number of methoxy groups -OCH3 is 1. The number of aromatic hydroxyl groups is 1. The summed E-state index contributed by atoms with van der Waals surface area (Å²) in [6, 6.07) is 4.93. The van der Waals surface area contributed by atoms with Gasteiger partial charge in [-0.05, 0) is 33.3 Å². The largest absolute Gasteiger partial charge is 0.507 e. The number of carbonyl (C=O) groups excluding carboxylic acids is 4. The Kier molecular flexibility index (Phi) is 9.46. The van der Waals surface area contributed by atoms with Gasteiger partial charge in [-0.3, -0.25) is 14.4 Å². The second-order valence-corrected chi connectivity index (χ2v) is 7.74. The van der Waals surface area contributed by atoms with Crippen molar-refractivity contribution in [1.82, 2.24) is 15.5 Å². The Morgan fingerprint density at radius 1 is 1.19 bits per heavy atom. The number of para-hydroxylation sites is 1. The van der Waals surface area contributed by atoms with Crippen molar-refractivity contribution < 1.29 is 33.8 Å². The minimum Gasteiger partial charge on any atom is -0.507 e. The zero-order chi connectivity index (χ0) is 24.5. The lowest BCUT2D eigenvalue weighted by atomic mass is 10.00. The Hall–Kier alpha value is -3.81. The number of phenols is 1. The number of phenolic OH excluding ortho intramolecular Hbond substituents is 1. The van der Waals surface area contributed by atoms with Crippen molar-refractivity contribution in [3.05, 3.63) is 29.3 Å². The predicted molar refractivity (Wildman–Crippen MR) is 112 cm³/mol. The van der Waals surface area contributed by atoms with Crippen LogP contribution in [0.4, 0.5) is 4.79 Å². The molecule has 32 heavy (non-hydrogen) atoms. The van der Waals surface area contributed by atoms with E-state index in [2.05, 4.69) is 15.4 Å². The number of esters is 1. The summed E-state index contributed by atoms with van der Waals surface area (Å²) in [5, 5.41) is 24.4. The third-order valence-electron chi connectivity index (χ3n) is 4.10. The van der Waals surface area contributed by atoms with Crippen molar-refractivity contribution in [3.63, 3.8) is 0 Å². The average molecular weight is 448 g/mol. The van der Waals surface area contributed by atoms with Crippen LogP contribution in [-0.4, -0.2) is 66.2 Å². The molecule has 0 spiro atoms. The Morgan fingerprint density at radius 3 is 2.41 bits per heavy atom. The molecule has 1 atom stereocenters. The first-order chi connectivity index (χ1) is 14.9. The maximum Gasteiger partial charge on any atom is 0.408 e. The van der Waals surface area contributed by atoms with E-state index in [0.29, 0.717) is 5.56 Å². The number of amides is 3. The van der Waals surface area contributed by atoms with Crippen molar-refractivity contribution in [2.24, 2.45) is 0 Å². The van der Waals surface area contributed by atoms with Crippen LogP contribution >= 0.6 is 0 Å². The normalized spacial score (nSPS) is 11.5. The second-order valence-electron chi connectivity index (χ2n) is 7.74. The second kappa shape index (κ2) is 11.5. The van der Waals surface area contributed by atoms with Gasteiger partial charge in [-0.15, -0.1) is 0 Å². The molecule has 3 amide bonds. The third kappa shape index (κ3) is 7.79. The number of carbonyl (C=O) groups is 4. The molecule has 0 saturated carbocycles. The first kappa shape index (κ1) is 26.2. The van der Waals surface area contributed by atoms with E-state index in [1.165, 1.54) is 6.07 Å². The number of rotatable bonds is 8. The lowest BCUT2D eigenvalue weighted by Crippen LogP contribution is -2.48. The lowest BCUT2D eigenvalue weighted by molar-refractivity contribution is -0.143. The van der Waals surface area contributed by atoms with Crippen LogP contribution in [0.1, 0.15) is 37.9 Å². The summed E-state index contributed by atoms with van der Waals surface area (Å²) in [5.41, 5.74) is -0.305. The number of ether oxygens (including phenoxy) is 2. The van der Waals surface area contributed by atoms with Gasteiger partial charge in [0.25, 0.3) is 0 Å². The molecular formula is C21H28N4O7. The quantitative estimate of drug-likeness (QED) is 0.391. The molecule has 11 nitrogen and oxygen atoms in total. The van der Waals surface area contributed by atoms with Crippen molar-refractivity contribution in [2.45, 2.75) is 39.3 Å². The van der Waals surface area contributed by atoms with Gasteiger partial charge in [-0.2, -0.15) is 5.26 Å². The molecule has 11 heteroatoms. The molecule has 0 aliphatic heterocycles. The maximum absolute atomic E-state index is 12.9. The molecule has 0 radical (unpaired) electrons. The highest BCUT2D eigenvalue weighted by atomic mass is 16.6. The average Bonchev–Trinajstić information content (AvgIpc) is 2.71. The van der Waals surface area contributed by atoms with Crippen LogP contribution in [-0.2, 0) is 23.9 Å². The molecule has 0 aromatic heterocycles. The highest BCUT2D eigenvalue weighted by Crippen LogP contribution is 2.31. The van der Waals surface area contributed by atoms with E-state index >= 15 is 0 Å². The fraction of sp³-hybridized carbons (Fsp3) is 0.476. The molecule has 0 bridgehead atoms. The molecule has 0 fully saturated rings. The molecule has 1 aromatic carbocycles. The third-order valence-corrected chi connectivity index (χ3v) is 4.10. The molecule has 1 rings (SSSR count). The molecule has 174 valence electrons. The van der Waals surface area contributed by atoms with Gasteiger partial charge in [-0.25, -0.2) is 4.79 Å². The standard InChI is InChI=1S/C21H28N4O7/c1-13-7-6-8-14(18(13)28)17(19(29)23-12-16(27)31-5)25(10-9-22)15(26)11-24-20(30)32-21(2,3)4/h6-8,17,28H,10-12H2,1-5H3,(H,23,29)(H,24,30). The minimum absolute atomic E-state index is 0.0493. The number of hydrogen-bond donors (Lipinski definition) is 3. The Labute approximate surface area is 186 Å². The SMILES string of the molecule is COC(=O)CNC(=O)C(c1cccc(C)c1O)N(CC#N)C(=O)CNC(=O)OC(C)(C)C. The number of nitrogens with one attached hydrogen (secondary N) is 2. The van der Waals surface area contributed by atoms with Crippen molar-refractivity contribution in [1.29, 1.82) is 5.26 Å². The zero-order valence-corrected chi connectivity index (χ0v) is 18.7. The summed E-state index contributed by atoms with van der Waals surface area (Å²) >= 11 is 0. The number of alkyl carbamates (subject to hydrolysis) is 1. The van der Waals surface area contributed by atoms with Gasteiger partial charge in [-0.1, -0.05) is 18.2 Å². The van der Waals surface area contributed by atoms with Crippen molar-refractivity contribution in [3.8, 4) is 11.8 Å². The lowest BCUT2D eigenvalue weighted by Gasteiger charge is -2.30. The van der Waals surface area contributed by atoms with Gasteiger partial charge in [0.1, 0.15) is 37.0 Å². The smallest absolute Gasteiger partial charge is 0.408 e.